The SMILES string of the molecule is CCOC(=O)c1cnc2ccccc2c1N1CCCC(c2nnc3n2CCCCC3)C1. The Labute approximate surface area is 182 Å². The van der Waals surface area contributed by atoms with Gasteiger partial charge in [-0.25, -0.2) is 4.79 Å². The van der Waals surface area contributed by atoms with Crippen molar-refractivity contribution in [1.82, 2.24) is 19.7 Å². The number of pyridine rings is 1. The summed E-state index contributed by atoms with van der Waals surface area (Å²) in [6, 6.07) is 8.02. The second-order valence-electron chi connectivity index (χ2n) is 8.48. The Morgan fingerprint density at radius 2 is 2.03 bits per heavy atom. The van der Waals surface area contributed by atoms with E-state index in [1.807, 2.05) is 31.2 Å². The van der Waals surface area contributed by atoms with Crippen molar-refractivity contribution >= 4 is 22.6 Å². The van der Waals surface area contributed by atoms with Crippen molar-refractivity contribution in [2.24, 2.45) is 0 Å². The van der Waals surface area contributed by atoms with E-state index in [0.717, 1.165) is 67.1 Å². The molecule has 1 aromatic carbocycles. The van der Waals surface area contributed by atoms with E-state index >= 15 is 0 Å². The van der Waals surface area contributed by atoms with Crippen LogP contribution in [0.15, 0.2) is 30.5 Å². The second kappa shape index (κ2) is 8.65. The summed E-state index contributed by atoms with van der Waals surface area (Å²) in [6.07, 6.45) is 8.47. The molecular weight excluding hydrogens is 390 g/mol. The first kappa shape index (κ1) is 20.0. The van der Waals surface area contributed by atoms with Gasteiger partial charge in [0.2, 0.25) is 0 Å². The monoisotopic (exact) mass is 419 g/mol. The number of para-hydroxylation sites is 1. The van der Waals surface area contributed by atoms with Crippen LogP contribution in [0.5, 0.6) is 0 Å². The third kappa shape index (κ3) is 3.77. The molecule has 162 valence electrons. The van der Waals surface area contributed by atoms with E-state index in [9.17, 15) is 4.79 Å². The van der Waals surface area contributed by atoms with Crippen molar-refractivity contribution in [1.29, 1.82) is 0 Å². The summed E-state index contributed by atoms with van der Waals surface area (Å²) in [5, 5.41) is 10.1. The number of esters is 1. The van der Waals surface area contributed by atoms with Gasteiger partial charge in [0, 0.05) is 43.6 Å². The molecule has 0 bridgehead atoms. The summed E-state index contributed by atoms with van der Waals surface area (Å²) in [4.78, 5) is 19.6. The maximum Gasteiger partial charge on any atom is 0.341 e. The molecule has 0 aliphatic carbocycles. The summed E-state index contributed by atoms with van der Waals surface area (Å²) in [6.45, 7) is 4.91. The summed E-state index contributed by atoms with van der Waals surface area (Å²) in [5.41, 5.74) is 2.37. The minimum absolute atomic E-state index is 0.301. The lowest BCUT2D eigenvalue weighted by molar-refractivity contribution is 0.0526. The number of aromatic nitrogens is 4. The molecule has 1 saturated heterocycles. The summed E-state index contributed by atoms with van der Waals surface area (Å²) < 4.78 is 7.72. The first-order valence-electron chi connectivity index (χ1n) is 11.5. The Bertz CT molecular complexity index is 1090. The lowest BCUT2D eigenvalue weighted by Gasteiger charge is -2.35. The first-order chi connectivity index (χ1) is 15.3. The molecule has 0 N–H and O–H groups in total. The highest BCUT2D eigenvalue weighted by atomic mass is 16.5. The molecule has 4 heterocycles. The number of anilines is 1. The van der Waals surface area contributed by atoms with Crippen LogP contribution in [0.2, 0.25) is 0 Å². The van der Waals surface area contributed by atoms with Gasteiger partial charge in [-0.3, -0.25) is 4.98 Å². The van der Waals surface area contributed by atoms with Crippen LogP contribution in [0.4, 0.5) is 5.69 Å². The summed E-state index contributed by atoms with van der Waals surface area (Å²) >= 11 is 0. The Morgan fingerprint density at radius 3 is 2.94 bits per heavy atom. The van der Waals surface area contributed by atoms with E-state index in [2.05, 4.69) is 24.6 Å². The van der Waals surface area contributed by atoms with Crippen molar-refractivity contribution in [3.8, 4) is 0 Å². The van der Waals surface area contributed by atoms with E-state index in [0.29, 0.717) is 18.1 Å². The van der Waals surface area contributed by atoms with Gasteiger partial charge in [0.15, 0.2) is 0 Å². The Balaban J connectivity index is 1.53. The molecule has 2 aliphatic rings. The maximum absolute atomic E-state index is 12.8. The van der Waals surface area contributed by atoms with Gasteiger partial charge in [-0.2, -0.15) is 0 Å². The fourth-order valence-electron chi connectivity index (χ4n) is 5.03. The van der Waals surface area contributed by atoms with Crippen molar-refractivity contribution in [3.05, 3.63) is 47.7 Å². The number of aryl methyl sites for hydroxylation is 1. The summed E-state index contributed by atoms with van der Waals surface area (Å²) in [7, 11) is 0. The highest BCUT2D eigenvalue weighted by Gasteiger charge is 2.30. The van der Waals surface area contributed by atoms with Crippen molar-refractivity contribution in [3.63, 3.8) is 0 Å². The number of piperidine rings is 1. The molecule has 1 unspecified atom stereocenters. The molecule has 1 atom stereocenters. The van der Waals surface area contributed by atoms with Gasteiger partial charge in [0.1, 0.15) is 17.2 Å². The van der Waals surface area contributed by atoms with Crippen LogP contribution in [0.3, 0.4) is 0 Å². The van der Waals surface area contributed by atoms with Gasteiger partial charge in [-0.1, -0.05) is 24.6 Å². The molecule has 1 fully saturated rings. The molecule has 7 heteroatoms. The first-order valence-corrected chi connectivity index (χ1v) is 11.5. The van der Waals surface area contributed by atoms with Gasteiger partial charge < -0.3 is 14.2 Å². The van der Waals surface area contributed by atoms with E-state index in [-0.39, 0.29) is 5.97 Å². The molecule has 3 aromatic rings. The van der Waals surface area contributed by atoms with Gasteiger partial charge in [0.25, 0.3) is 0 Å². The predicted molar refractivity (Wildman–Crippen MR) is 119 cm³/mol. The highest BCUT2D eigenvalue weighted by molar-refractivity contribution is 6.05. The van der Waals surface area contributed by atoms with Crippen LogP contribution >= 0.6 is 0 Å². The molecule has 0 saturated carbocycles. The highest BCUT2D eigenvalue weighted by Crippen LogP contribution is 2.36. The molecule has 0 spiro atoms. The molecule has 0 amide bonds. The fourth-order valence-corrected chi connectivity index (χ4v) is 5.03. The third-order valence-corrected chi connectivity index (χ3v) is 6.48. The number of carbonyl (C=O) groups excluding carboxylic acids is 1. The number of hydrogen-bond donors (Lipinski definition) is 0. The predicted octanol–water partition coefficient (Wildman–Crippen LogP) is 4.11. The number of rotatable bonds is 4. The zero-order valence-electron chi connectivity index (χ0n) is 18.1. The van der Waals surface area contributed by atoms with E-state index < -0.39 is 0 Å². The minimum Gasteiger partial charge on any atom is -0.462 e. The average Bonchev–Trinajstić information content (AvgIpc) is 3.06. The quantitative estimate of drug-likeness (QED) is 0.593. The average molecular weight is 420 g/mol. The smallest absolute Gasteiger partial charge is 0.341 e. The molecule has 31 heavy (non-hydrogen) atoms. The minimum atomic E-state index is -0.311. The topological polar surface area (TPSA) is 73.1 Å². The van der Waals surface area contributed by atoms with Crippen molar-refractivity contribution < 1.29 is 9.53 Å². The van der Waals surface area contributed by atoms with Gasteiger partial charge in [0.05, 0.1) is 17.8 Å². The van der Waals surface area contributed by atoms with Gasteiger partial charge >= 0.3 is 5.97 Å². The van der Waals surface area contributed by atoms with Crippen LogP contribution in [0.25, 0.3) is 10.9 Å². The molecule has 2 aliphatic heterocycles. The summed E-state index contributed by atoms with van der Waals surface area (Å²) in [5.74, 6) is 2.23. The number of fused-ring (bicyclic) bond motifs is 2. The Kier molecular flexibility index (Phi) is 5.57. The van der Waals surface area contributed by atoms with Crippen LogP contribution in [-0.4, -0.2) is 45.4 Å². The lowest BCUT2D eigenvalue weighted by atomic mass is 9.95. The molecule has 0 radical (unpaired) electrons. The second-order valence-corrected chi connectivity index (χ2v) is 8.48. The molecular formula is C24H29N5O2. The lowest BCUT2D eigenvalue weighted by Crippen LogP contribution is -2.36. The number of carbonyl (C=O) groups is 1. The molecule has 5 rings (SSSR count). The van der Waals surface area contributed by atoms with Crippen LogP contribution < -0.4 is 4.90 Å². The fraction of sp³-hybridized carbons (Fsp3) is 0.500. The Morgan fingerprint density at radius 1 is 1.13 bits per heavy atom. The number of hydrogen-bond acceptors (Lipinski definition) is 6. The number of nitrogens with zero attached hydrogens (tertiary/aromatic N) is 5. The van der Waals surface area contributed by atoms with Crippen LogP contribution in [0.1, 0.15) is 67.0 Å². The maximum atomic E-state index is 12.8. The molecule has 2 aromatic heterocycles. The Hall–Kier alpha value is -2.96. The third-order valence-electron chi connectivity index (χ3n) is 6.48. The number of benzene rings is 1. The van der Waals surface area contributed by atoms with Crippen LogP contribution in [-0.2, 0) is 17.7 Å². The largest absolute Gasteiger partial charge is 0.462 e. The van der Waals surface area contributed by atoms with E-state index in [4.69, 9.17) is 4.74 Å². The van der Waals surface area contributed by atoms with E-state index in [1.165, 1.54) is 19.3 Å². The zero-order chi connectivity index (χ0) is 21.2. The standard InChI is InChI=1S/C24H29N5O2/c1-2-31-24(30)19-15-25-20-11-6-5-10-18(20)22(19)28-13-8-9-17(16-28)23-27-26-21-12-4-3-7-14-29(21)23/h5-6,10-11,15,17H,2-4,7-9,12-14,16H2,1H3. The van der Waals surface area contributed by atoms with E-state index in [1.54, 1.807) is 6.20 Å². The van der Waals surface area contributed by atoms with Gasteiger partial charge in [-0.15, -0.1) is 10.2 Å². The molecule has 7 nitrogen and oxygen atoms in total. The number of ether oxygens (including phenoxy) is 1. The zero-order valence-corrected chi connectivity index (χ0v) is 18.1. The van der Waals surface area contributed by atoms with Crippen LogP contribution in [0, 0.1) is 0 Å². The van der Waals surface area contributed by atoms with Crippen molar-refractivity contribution in [2.45, 2.75) is 57.9 Å². The normalized spacial score (nSPS) is 19.1. The van der Waals surface area contributed by atoms with Gasteiger partial charge in [-0.05, 0) is 38.7 Å². The van der Waals surface area contributed by atoms with Crippen molar-refractivity contribution in [2.75, 3.05) is 24.6 Å².